The molecule has 108 valence electrons. The van der Waals surface area contributed by atoms with E-state index in [1.165, 1.54) is 0 Å². The van der Waals surface area contributed by atoms with Gasteiger partial charge < -0.3 is 9.47 Å². The molecule has 0 aromatic heterocycles. The molecule has 3 heteroatoms. The Bertz CT molecular complexity index is 234. The maximum atomic E-state index is 5.81. The second-order valence-corrected chi connectivity index (χ2v) is 7.54. The van der Waals surface area contributed by atoms with Crippen LogP contribution >= 0.6 is 0 Å². The van der Waals surface area contributed by atoms with Crippen LogP contribution in [0.5, 0.6) is 0 Å². The van der Waals surface area contributed by atoms with Crippen LogP contribution in [0, 0.1) is 5.41 Å². The summed E-state index contributed by atoms with van der Waals surface area (Å²) in [6.07, 6.45) is 1.44. The van der Waals surface area contributed by atoms with E-state index < -0.39 is 0 Å². The van der Waals surface area contributed by atoms with Crippen molar-refractivity contribution in [2.75, 3.05) is 32.9 Å². The zero-order valence-corrected chi connectivity index (χ0v) is 13.1. The third kappa shape index (κ3) is 6.17. The van der Waals surface area contributed by atoms with Crippen molar-refractivity contribution in [2.45, 2.75) is 59.6 Å². The Hall–Kier alpha value is -0.120. The van der Waals surface area contributed by atoms with Gasteiger partial charge in [-0.15, -0.1) is 0 Å². The topological polar surface area (TPSA) is 21.7 Å². The number of nitrogens with zero attached hydrogens (tertiary/aromatic N) is 1. The average molecular weight is 257 g/mol. The van der Waals surface area contributed by atoms with Crippen molar-refractivity contribution in [3.63, 3.8) is 0 Å². The molecule has 0 atom stereocenters. The van der Waals surface area contributed by atoms with Gasteiger partial charge in [0.1, 0.15) is 0 Å². The Balaban J connectivity index is 1.92. The highest BCUT2D eigenvalue weighted by Crippen LogP contribution is 2.22. The molecule has 0 saturated carbocycles. The van der Waals surface area contributed by atoms with Gasteiger partial charge in [0.05, 0.1) is 12.7 Å². The molecule has 0 spiro atoms. The van der Waals surface area contributed by atoms with Crippen molar-refractivity contribution >= 4 is 0 Å². The average Bonchev–Trinajstić information content (AvgIpc) is 2.09. The second kappa shape index (κ2) is 6.36. The van der Waals surface area contributed by atoms with E-state index in [-0.39, 0.29) is 11.0 Å². The third-order valence-electron chi connectivity index (χ3n) is 3.12. The highest BCUT2D eigenvalue weighted by molar-refractivity contribution is 4.89. The molecule has 0 amide bonds. The molecule has 0 aromatic rings. The first kappa shape index (κ1) is 15.9. The lowest BCUT2D eigenvalue weighted by Crippen LogP contribution is -2.59. The van der Waals surface area contributed by atoms with Crippen molar-refractivity contribution < 1.29 is 9.47 Å². The summed E-state index contributed by atoms with van der Waals surface area (Å²) in [6.45, 7) is 18.0. The van der Waals surface area contributed by atoms with Crippen LogP contribution in [0.25, 0.3) is 0 Å². The van der Waals surface area contributed by atoms with Crippen LogP contribution in [0.2, 0.25) is 0 Å². The van der Waals surface area contributed by atoms with Crippen molar-refractivity contribution in [1.82, 2.24) is 4.90 Å². The Morgan fingerprint density at radius 2 is 1.61 bits per heavy atom. The van der Waals surface area contributed by atoms with Gasteiger partial charge in [-0.25, -0.2) is 0 Å². The van der Waals surface area contributed by atoms with Crippen molar-refractivity contribution in [2.24, 2.45) is 5.41 Å². The Morgan fingerprint density at radius 1 is 1.00 bits per heavy atom. The number of hydrogen-bond acceptors (Lipinski definition) is 3. The summed E-state index contributed by atoms with van der Waals surface area (Å²) < 4.78 is 11.4. The second-order valence-electron chi connectivity index (χ2n) is 7.54. The van der Waals surface area contributed by atoms with Crippen LogP contribution in [0.15, 0.2) is 0 Å². The molecule has 3 nitrogen and oxygen atoms in total. The van der Waals surface area contributed by atoms with Gasteiger partial charge in [-0.1, -0.05) is 20.8 Å². The van der Waals surface area contributed by atoms with Crippen LogP contribution in [0.3, 0.4) is 0 Å². The van der Waals surface area contributed by atoms with Crippen LogP contribution in [-0.2, 0) is 9.47 Å². The van der Waals surface area contributed by atoms with Crippen LogP contribution < -0.4 is 0 Å². The highest BCUT2D eigenvalue weighted by Gasteiger charge is 2.34. The van der Waals surface area contributed by atoms with Crippen molar-refractivity contribution in [3.8, 4) is 0 Å². The Morgan fingerprint density at radius 3 is 2.11 bits per heavy atom. The first-order valence-corrected chi connectivity index (χ1v) is 7.13. The van der Waals surface area contributed by atoms with Crippen molar-refractivity contribution in [1.29, 1.82) is 0 Å². The van der Waals surface area contributed by atoms with E-state index in [2.05, 4.69) is 46.4 Å². The third-order valence-corrected chi connectivity index (χ3v) is 3.12. The van der Waals surface area contributed by atoms with E-state index in [0.29, 0.717) is 6.10 Å². The molecule has 0 radical (unpaired) electrons. The number of ether oxygens (including phenoxy) is 2. The molecule has 0 unspecified atom stereocenters. The van der Waals surface area contributed by atoms with E-state index in [1.807, 2.05) is 0 Å². The minimum atomic E-state index is 0.266. The van der Waals surface area contributed by atoms with Crippen molar-refractivity contribution in [3.05, 3.63) is 0 Å². The minimum Gasteiger partial charge on any atom is -0.381 e. The Labute approximate surface area is 113 Å². The van der Waals surface area contributed by atoms with Gasteiger partial charge in [0.2, 0.25) is 0 Å². The van der Waals surface area contributed by atoms with Gasteiger partial charge in [-0.3, -0.25) is 4.90 Å². The zero-order valence-electron chi connectivity index (χ0n) is 13.1. The molecule has 1 fully saturated rings. The molecule has 1 rings (SSSR count). The smallest absolute Gasteiger partial charge is 0.0829 e. The quantitative estimate of drug-likeness (QED) is 0.683. The first-order valence-electron chi connectivity index (χ1n) is 7.13. The summed E-state index contributed by atoms with van der Waals surface area (Å²) in [5.74, 6) is 0. The molecule has 0 N–H and O–H groups in total. The molecule has 1 saturated heterocycles. The van der Waals surface area contributed by atoms with Crippen LogP contribution in [-0.4, -0.2) is 49.5 Å². The molecule has 1 heterocycles. The highest BCUT2D eigenvalue weighted by atomic mass is 16.5. The molecule has 0 aromatic carbocycles. The van der Waals surface area contributed by atoms with E-state index in [9.17, 15) is 0 Å². The predicted octanol–water partition coefficient (Wildman–Crippen LogP) is 2.94. The normalized spacial score (nSPS) is 19.0. The number of likely N-dealkylation sites (tertiary alicyclic amines) is 1. The van der Waals surface area contributed by atoms with Gasteiger partial charge in [0.15, 0.2) is 0 Å². The molecule has 0 bridgehead atoms. The van der Waals surface area contributed by atoms with Gasteiger partial charge >= 0.3 is 0 Å². The molecular weight excluding hydrogens is 226 g/mol. The summed E-state index contributed by atoms with van der Waals surface area (Å²) in [5.41, 5.74) is 0.553. The lowest BCUT2D eigenvalue weighted by molar-refractivity contribution is -0.0921. The van der Waals surface area contributed by atoms with Crippen LogP contribution in [0.1, 0.15) is 48.0 Å². The summed E-state index contributed by atoms with van der Waals surface area (Å²) >= 11 is 0. The van der Waals surface area contributed by atoms with Gasteiger partial charge in [0.25, 0.3) is 0 Å². The van der Waals surface area contributed by atoms with E-state index in [1.54, 1.807) is 0 Å². The molecule has 1 aliphatic heterocycles. The summed E-state index contributed by atoms with van der Waals surface area (Å²) in [6, 6.07) is 0. The maximum Gasteiger partial charge on any atom is 0.0829 e. The zero-order chi connectivity index (χ0) is 13.8. The summed E-state index contributed by atoms with van der Waals surface area (Å²) in [5, 5.41) is 0. The summed E-state index contributed by atoms with van der Waals surface area (Å²) in [4.78, 5) is 2.45. The fraction of sp³-hybridized carbons (Fsp3) is 1.00. The molecular formula is C15H31NO2. The molecule has 18 heavy (non-hydrogen) atoms. The molecule has 1 aliphatic rings. The fourth-order valence-corrected chi connectivity index (χ4v) is 1.88. The lowest BCUT2D eigenvalue weighted by atomic mass is 9.99. The lowest BCUT2D eigenvalue weighted by Gasteiger charge is -2.47. The fourth-order valence-electron chi connectivity index (χ4n) is 1.88. The number of hydrogen-bond donors (Lipinski definition) is 0. The number of rotatable bonds is 6. The summed E-state index contributed by atoms with van der Waals surface area (Å²) in [7, 11) is 0. The maximum absolute atomic E-state index is 5.81. The van der Waals surface area contributed by atoms with Gasteiger partial charge in [0, 0.05) is 31.8 Å². The molecule has 0 aliphatic carbocycles. The predicted molar refractivity (Wildman–Crippen MR) is 76.0 cm³/mol. The van der Waals surface area contributed by atoms with E-state index in [4.69, 9.17) is 9.47 Å². The SMILES string of the molecule is CC(C)(C)COCCCOC1CN(C(C)(C)C)C1. The van der Waals surface area contributed by atoms with E-state index in [0.717, 1.165) is 39.3 Å². The monoisotopic (exact) mass is 257 g/mol. The van der Waals surface area contributed by atoms with Gasteiger partial charge in [-0.2, -0.15) is 0 Å². The minimum absolute atomic E-state index is 0.266. The van der Waals surface area contributed by atoms with Crippen LogP contribution in [0.4, 0.5) is 0 Å². The first-order chi connectivity index (χ1) is 8.18. The van der Waals surface area contributed by atoms with Gasteiger partial charge in [-0.05, 0) is 32.6 Å². The standard InChI is InChI=1S/C15H31NO2/c1-14(2,3)12-17-8-7-9-18-13-10-16(11-13)15(4,5)6/h13H,7-12H2,1-6H3. The Kier molecular flexibility index (Phi) is 5.63. The largest absolute Gasteiger partial charge is 0.381 e. The van der Waals surface area contributed by atoms with E-state index >= 15 is 0 Å².